The molecule has 10 heteroatoms. The van der Waals surface area contributed by atoms with E-state index in [0.29, 0.717) is 51.8 Å². The first-order valence-corrected chi connectivity index (χ1v) is 13.9. The second kappa shape index (κ2) is 10.7. The summed E-state index contributed by atoms with van der Waals surface area (Å²) in [6.07, 6.45) is 3.90. The minimum atomic E-state index is -0.314. The van der Waals surface area contributed by atoms with Crippen LogP contribution in [0.2, 0.25) is 5.02 Å². The number of hydrogen-bond donors (Lipinski definition) is 2. The Labute approximate surface area is 220 Å². The van der Waals surface area contributed by atoms with E-state index in [1.54, 1.807) is 6.07 Å². The van der Waals surface area contributed by atoms with E-state index in [-0.39, 0.29) is 24.1 Å². The highest BCUT2D eigenvalue weighted by Crippen LogP contribution is 2.44. The van der Waals surface area contributed by atoms with Crippen molar-refractivity contribution in [3.63, 3.8) is 0 Å². The Balaban J connectivity index is 1.29. The van der Waals surface area contributed by atoms with Crippen molar-refractivity contribution >= 4 is 29.3 Å². The first kappa shape index (κ1) is 25.4. The zero-order valence-corrected chi connectivity index (χ0v) is 22.4. The molecule has 2 N–H and O–H groups in total. The van der Waals surface area contributed by atoms with Crippen LogP contribution < -0.4 is 20.3 Å². The zero-order valence-electron chi connectivity index (χ0n) is 20.8. The highest BCUT2D eigenvalue weighted by molar-refractivity contribution is 7.98. The third-order valence-corrected chi connectivity index (χ3v) is 8.54. The Kier molecular flexibility index (Phi) is 7.53. The van der Waals surface area contributed by atoms with E-state index in [1.165, 1.54) is 11.8 Å². The van der Waals surface area contributed by atoms with Crippen LogP contribution in [0.5, 0.6) is 11.5 Å². The molecule has 3 aliphatic heterocycles. The maximum atomic E-state index is 13.2. The Hall–Kier alpha value is -2.20. The largest absolute Gasteiger partial charge is 0.484 e. The first-order valence-electron chi connectivity index (χ1n) is 12.3. The van der Waals surface area contributed by atoms with Gasteiger partial charge in [-0.1, -0.05) is 11.6 Å². The molecule has 0 aliphatic carbocycles. The summed E-state index contributed by atoms with van der Waals surface area (Å²) in [5.41, 5.74) is 2.21. The number of H-pyrrole nitrogens is 1. The Bertz CT molecular complexity index is 1210. The van der Waals surface area contributed by atoms with Gasteiger partial charge in [-0.15, -0.1) is 11.8 Å². The monoisotopic (exact) mass is 533 g/mol. The number of benzene rings is 1. The smallest absolute Gasteiger partial charge is 0.254 e. The number of halogens is 1. The van der Waals surface area contributed by atoms with Crippen molar-refractivity contribution in [2.24, 2.45) is 5.92 Å². The number of aromatic amines is 1. The van der Waals surface area contributed by atoms with Gasteiger partial charge in [-0.3, -0.25) is 14.5 Å². The fourth-order valence-electron chi connectivity index (χ4n) is 5.19. The van der Waals surface area contributed by atoms with Crippen molar-refractivity contribution in [3.05, 3.63) is 49.9 Å². The predicted molar refractivity (Wildman–Crippen MR) is 140 cm³/mol. The second-order valence-electron chi connectivity index (χ2n) is 9.73. The van der Waals surface area contributed by atoms with Gasteiger partial charge in [0, 0.05) is 39.7 Å². The molecule has 1 aromatic heterocycles. The Morgan fingerprint density at radius 1 is 1.19 bits per heavy atom. The standard InChI is InChI=1S/C26H32ClN3O5S/c1-14-8-22(36-3)19(26(32)29-14)10-28-25(31)18-9-20(27)24-23(15(18)2)35-21(13-34-24)16-4-6-30(7-5-16)17-11-33-12-17/h8-9,16-17,21H,4-7,10-13H2,1-3H3,(H,28,31)(H,29,32). The lowest BCUT2D eigenvalue weighted by Gasteiger charge is -2.43. The number of ether oxygens (including phenoxy) is 3. The summed E-state index contributed by atoms with van der Waals surface area (Å²) in [5.74, 6) is 1.10. The van der Waals surface area contributed by atoms with Crippen LogP contribution in [0.15, 0.2) is 21.8 Å². The molecule has 2 saturated heterocycles. The third-order valence-electron chi connectivity index (χ3n) is 7.46. The zero-order chi connectivity index (χ0) is 25.4. The van der Waals surface area contributed by atoms with Crippen molar-refractivity contribution in [3.8, 4) is 11.5 Å². The fourth-order valence-corrected chi connectivity index (χ4v) is 6.14. The lowest BCUT2D eigenvalue weighted by atomic mass is 9.90. The minimum absolute atomic E-state index is 0.0828. The van der Waals surface area contributed by atoms with E-state index >= 15 is 0 Å². The SMILES string of the molecule is CSc1cc(C)[nH]c(=O)c1CNC(=O)c1cc(Cl)c2c(c1C)OC(C1CCN(C3COC3)CC1)CO2. The van der Waals surface area contributed by atoms with Crippen molar-refractivity contribution in [1.82, 2.24) is 15.2 Å². The summed E-state index contributed by atoms with van der Waals surface area (Å²) >= 11 is 8.00. The van der Waals surface area contributed by atoms with Crippen LogP contribution in [0.3, 0.4) is 0 Å². The van der Waals surface area contributed by atoms with Crippen molar-refractivity contribution < 1.29 is 19.0 Å². The normalized spacial score (nSPS) is 20.7. The number of hydrogen-bond acceptors (Lipinski definition) is 7. The molecule has 194 valence electrons. The third kappa shape index (κ3) is 4.98. The number of piperidine rings is 1. The molecule has 1 aromatic carbocycles. The number of likely N-dealkylation sites (tertiary alicyclic amines) is 1. The molecule has 2 aromatic rings. The molecular weight excluding hydrogens is 502 g/mol. The van der Waals surface area contributed by atoms with Crippen LogP contribution >= 0.6 is 23.4 Å². The Morgan fingerprint density at radius 2 is 1.94 bits per heavy atom. The second-order valence-corrected chi connectivity index (χ2v) is 11.0. The first-order chi connectivity index (χ1) is 17.4. The fraction of sp³-hybridized carbons (Fsp3) is 0.538. The summed E-state index contributed by atoms with van der Waals surface area (Å²) in [6.45, 7) is 7.98. The number of aromatic nitrogens is 1. The number of nitrogens with zero attached hydrogens (tertiary/aromatic N) is 1. The quantitative estimate of drug-likeness (QED) is 0.548. The molecule has 5 rings (SSSR count). The minimum Gasteiger partial charge on any atom is -0.484 e. The molecule has 1 unspecified atom stereocenters. The van der Waals surface area contributed by atoms with Gasteiger partial charge in [0.05, 0.1) is 24.3 Å². The summed E-state index contributed by atoms with van der Waals surface area (Å²) in [4.78, 5) is 31.8. The molecule has 0 saturated carbocycles. The van der Waals surface area contributed by atoms with Gasteiger partial charge in [-0.25, -0.2) is 0 Å². The number of aryl methyl sites for hydroxylation is 1. The molecule has 36 heavy (non-hydrogen) atoms. The van der Waals surface area contributed by atoms with Crippen LogP contribution in [0, 0.1) is 19.8 Å². The average Bonchev–Trinajstić information content (AvgIpc) is 2.84. The van der Waals surface area contributed by atoms with Crippen LogP contribution in [0.1, 0.15) is 40.0 Å². The van der Waals surface area contributed by atoms with E-state index in [4.69, 9.17) is 25.8 Å². The van der Waals surface area contributed by atoms with Crippen LogP contribution in [-0.4, -0.2) is 67.1 Å². The molecular formula is C26H32ClN3O5S. The summed E-state index contributed by atoms with van der Waals surface area (Å²) in [7, 11) is 0. The van der Waals surface area contributed by atoms with Gasteiger partial charge in [0.2, 0.25) is 0 Å². The number of pyridine rings is 1. The van der Waals surface area contributed by atoms with Gasteiger partial charge < -0.3 is 24.5 Å². The average molecular weight is 534 g/mol. The van der Waals surface area contributed by atoms with Gasteiger partial charge in [-0.2, -0.15) is 0 Å². The van der Waals surface area contributed by atoms with Gasteiger partial charge in [0.15, 0.2) is 11.5 Å². The highest BCUT2D eigenvalue weighted by atomic mass is 35.5. The summed E-state index contributed by atoms with van der Waals surface area (Å²) in [5, 5.41) is 3.23. The van der Waals surface area contributed by atoms with Crippen molar-refractivity contribution in [2.75, 3.05) is 39.2 Å². The molecule has 8 nitrogen and oxygen atoms in total. The van der Waals surface area contributed by atoms with E-state index in [0.717, 1.165) is 49.7 Å². The number of amides is 1. The van der Waals surface area contributed by atoms with Gasteiger partial charge in [-0.05, 0) is 58.2 Å². The number of rotatable bonds is 6. The van der Waals surface area contributed by atoms with Gasteiger partial charge in [0.25, 0.3) is 11.5 Å². The molecule has 0 radical (unpaired) electrons. The molecule has 4 heterocycles. The van der Waals surface area contributed by atoms with Crippen molar-refractivity contribution in [2.45, 2.75) is 50.3 Å². The predicted octanol–water partition coefficient (Wildman–Crippen LogP) is 3.55. The number of thioether (sulfide) groups is 1. The molecule has 2 fully saturated rings. The lowest BCUT2D eigenvalue weighted by Crippen LogP contribution is -2.53. The molecule has 1 amide bonds. The number of nitrogens with one attached hydrogen (secondary N) is 2. The topological polar surface area (TPSA) is 92.9 Å². The number of fused-ring (bicyclic) bond motifs is 1. The maximum absolute atomic E-state index is 13.2. The summed E-state index contributed by atoms with van der Waals surface area (Å²) in [6, 6.07) is 4.08. The van der Waals surface area contributed by atoms with Crippen LogP contribution in [0.25, 0.3) is 0 Å². The van der Waals surface area contributed by atoms with Gasteiger partial charge in [0.1, 0.15) is 12.7 Å². The van der Waals surface area contributed by atoms with Crippen LogP contribution in [0.4, 0.5) is 0 Å². The van der Waals surface area contributed by atoms with Crippen molar-refractivity contribution in [1.29, 1.82) is 0 Å². The highest BCUT2D eigenvalue weighted by Gasteiger charge is 2.37. The summed E-state index contributed by atoms with van der Waals surface area (Å²) < 4.78 is 17.8. The van der Waals surface area contributed by atoms with Crippen LogP contribution in [-0.2, 0) is 11.3 Å². The molecule has 3 aliphatic rings. The van der Waals surface area contributed by atoms with E-state index in [9.17, 15) is 9.59 Å². The number of carbonyl (C=O) groups is 1. The maximum Gasteiger partial charge on any atom is 0.254 e. The molecule has 0 bridgehead atoms. The lowest BCUT2D eigenvalue weighted by molar-refractivity contribution is -0.0807. The molecule has 0 spiro atoms. The van der Waals surface area contributed by atoms with E-state index in [2.05, 4.69) is 15.2 Å². The molecule has 1 atom stereocenters. The van der Waals surface area contributed by atoms with E-state index in [1.807, 2.05) is 26.2 Å². The Morgan fingerprint density at radius 3 is 2.61 bits per heavy atom. The van der Waals surface area contributed by atoms with E-state index < -0.39 is 0 Å². The van der Waals surface area contributed by atoms with Gasteiger partial charge >= 0.3 is 0 Å². The number of carbonyl (C=O) groups excluding carboxylic acids is 1.